The maximum atomic E-state index is 11.3. The molecule has 182 valence electrons. The molecular formula is C17H23ClN5O9P. The molecule has 33 heavy (non-hydrogen) atoms. The molecule has 1 aliphatic carbocycles. The highest BCUT2D eigenvalue weighted by Gasteiger charge is 2.46. The summed E-state index contributed by atoms with van der Waals surface area (Å²) in [6, 6.07) is 0.232. The molecule has 1 saturated carbocycles. The molecular weight excluding hydrogens is 485 g/mol. The SMILES string of the molecule is O=C(O)C(OC[C@H]1O[C@@H](n2ncc3c(NC4CCCC4)nc(Cl)nc32)[C@H](O)[C@@H]1O)P(=O)(O)O. The van der Waals surface area contributed by atoms with Gasteiger partial charge in [0.1, 0.15) is 24.1 Å². The molecule has 5 atom stereocenters. The van der Waals surface area contributed by atoms with E-state index in [-0.39, 0.29) is 17.0 Å². The zero-order valence-corrected chi connectivity index (χ0v) is 18.7. The lowest BCUT2D eigenvalue weighted by Crippen LogP contribution is -2.36. The van der Waals surface area contributed by atoms with Gasteiger partial charge in [-0.1, -0.05) is 12.8 Å². The number of rotatable bonds is 8. The van der Waals surface area contributed by atoms with Crippen molar-refractivity contribution in [1.29, 1.82) is 0 Å². The molecule has 2 fully saturated rings. The molecule has 1 aliphatic heterocycles. The van der Waals surface area contributed by atoms with Crippen molar-refractivity contribution in [1.82, 2.24) is 19.7 Å². The van der Waals surface area contributed by atoms with Crippen molar-refractivity contribution in [2.75, 3.05) is 11.9 Å². The Kier molecular flexibility index (Phi) is 6.90. The Morgan fingerprint density at radius 1 is 1.30 bits per heavy atom. The van der Waals surface area contributed by atoms with Gasteiger partial charge >= 0.3 is 13.6 Å². The molecule has 0 aromatic carbocycles. The molecule has 6 N–H and O–H groups in total. The van der Waals surface area contributed by atoms with Crippen LogP contribution in [0.5, 0.6) is 0 Å². The highest BCUT2D eigenvalue weighted by atomic mass is 35.5. The van der Waals surface area contributed by atoms with Gasteiger partial charge in [0, 0.05) is 6.04 Å². The van der Waals surface area contributed by atoms with Gasteiger partial charge in [-0.05, 0) is 24.4 Å². The second kappa shape index (κ2) is 9.39. The van der Waals surface area contributed by atoms with Crippen molar-refractivity contribution >= 4 is 42.0 Å². The average Bonchev–Trinajstić information content (AvgIpc) is 3.43. The number of carboxylic acid groups (broad SMARTS) is 1. The van der Waals surface area contributed by atoms with Crippen LogP contribution < -0.4 is 5.32 Å². The van der Waals surface area contributed by atoms with Crippen molar-refractivity contribution in [3.05, 3.63) is 11.5 Å². The molecule has 14 nitrogen and oxygen atoms in total. The first kappa shape index (κ1) is 24.2. The van der Waals surface area contributed by atoms with Gasteiger partial charge in [0.25, 0.3) is 5.85 Å². The van der Waals surface area contributed by atoms with Crippen LogP contribution in [0.15, 0.2) is 6.20 Å². The van der Waals surface area contributed by atoms with Gasteiger partial charge in [0.15, 0.2) is 11.9 Å². The van der Waals surface area contributed by atoms with Crippen LogP contribution in [-0.2, 0) is 18.8 Å². The standard InChI is InChI=1S/C17H23ClN5O9P/c18-17-21-12(20-7-3-1-2-4-7)8-5-19-23(13(8)22-17)14-11(25)10(24)9(32-14)6-31-16(15(26)27)33(28,29)30/h5,7,9-11,14,16,24-25H,1-4,6H2,(H,26,27)(H,20,21,22)(H2,28,29,30)/t9-,10-,11-,14-,16?/m1/s1. The fourth-order valence-electron chi connectivity index (χ4n) is 4.03. The normalized spacial score (nSPS) is 27.3. The Bertz CT molecular complexity index is 1070. The number of aromatic nitrogens is 4. The molecule has 16 heteroatoms. The number of aliphatic hydroxyl groups excluding tert-OH is 2. The number of fused-ring (bicyclic) bond motifs is 1. The van der Waals surface area contributed by atoms with Gasteiger partial charge in [-0.3, -0.25) is 4.57 Å². The minimum atomic E-state index is -5.12. The monoisotopic (exact) mass is 507 g/mol. The van der Waals surface area contributed by atoms with Crippen molar-refractivity contribution in [3.8, 4) is 0 Å². The van der Waals surface area contributed by atoms with Crippen LogP contribution in [0.2, 0.25) is 5.28 Å². The summed E-state index contributed by atoms with van der Waals surface area (Å²) in [5.41, 5.74) is 0.229. The van der Waals surface area contributed by atoms with Crippen LogP contribution in [-0.4, -0.2) is 87.6 Å². The summed E-state index contributed by atoms with van der Waals surface area (Å²) in [7, 11) is -5.12. The second-order valence-corrected chi connectivity index (χ2v) is 9.94. The Morgan fingerprint density at radius 2 is 2.00 bits per heavy atom. The summed E-state index contributed by atoms with van der Waals surface area (Å²) < 4.78 is 22.9. The molecule has 2 aromatic heterocycles. The molecule has 2 aromatic rings. The highest BCUT2D eigenvalue weighted by molar-refractivity contribution is 7.53. The fourth-order valence-corrected chi connectivity index (χ4v) is 4.76. The first-order chi connectivity index (χ1) is 15.6. The number of halogens is 1. The smallest absolute Gasteiger partial charge is 0.365 e. The summed E-state index contributed by atoms with van der Waals surface area (Å²) >= 11 is 6.09. The van der Waals surface area contributed by atoms with Gasteiger partial charge in [-0.2, -0.15) is 15.1 Å². The van der Waals surface area contributed by atoms with E-state index in [0.29, 0.717) is 11.2 Å². The van der Waals surface area contributed by atoms with E-state index in [4.69, 9.17) is 36.0 Å². The molecule has 3 heterocycles. The molecule has 2 aliphatic rings. The van der Waals surface area contributed by atoms with Crippen molar-refractivity contribution in [2.24, 2.45) is 0 Å². The topological polar surface area (TPSA) is 209 Å². The van der Waals surface area contributed by atoms with E-state index in [9.17, 15) is 19.6 Å². The lowest BCUT2D eigenvalue weighted by molar-refractivity contribution is -0.149. The highest BCUT2D eigenvalue weighted by Crippen LogP contribution is 2.42. The molecule has 0 bridgehead atoms. The Morgan fingerprint density at radius 3 is 2.64 bits per heavy atom. The predicted molar refractivity (Wildman–Crippen MR) is 112 cm³/mol. The van der Waals surface area contributed by atoms with Crippen molar-refractivity contribution < 1.29 is 43.9 Å². The Labute approximate surface area is 191 Å². The Hall–Kier alpha value is -1.90. The largest absolute Gasteiger partial charge is 0.479 e. The summed E-state index contributed by atoms with van der Waals surface area (Å²) in [4.78, 5) is 37.7. The maximum Gasteiger partial charge on any atom is 0.365 e. The van der Waals surface area contributed by atoms with Gasteiger partial charge < -0.3 is 39.9 Å². The van der Waals surface area contributed by atoms with E-state index < -0.39 is 50.6 Å². The van der Waals surface area contributed by atoms with Gasteiger partial charge in [0.2, 0.25) is 5.28 Å². The number of hydrogen-bond acceptors (Lipinski definition) is 10. The predicted octanol–water partition coefficient (Wildman–Crippen LogP) is 0.0584. The van der Waals surface area contributed by atoms with Gasteiger partial charge in [-0.25, -0.2) is 9.48 Å². The van der Waals surface area contributed by atoms with E-state index in [1.807, 2.05) is 0 Å². The van der Waals surface area contributed by atoms with E-state index >= 15 is 0 Å². The first-order valence-electron chi connectivity index (χ1n) is 10.1. The zero-order chi connectivity index (χ0) is 23.9. The van der Waals surface area contributed by atoms with Gasteiger partial charge in [-0.15, -0.1) is 0 Å². The summed E-state index contributed by atoms with van der Waals surface area (Å²) in [5.74, 6) is -3.84. The van der Waals surface area contributed by atoms with Crippen LogP contribution in [0.25, 0.3) is 11.0 Å². The zero-order valence-electron chi connectivity index (χ0n) is 17.1. The fraction of sp³-hybridized carbons (Fsp3) is 0.647. The lowest BCUT2D eigenvalue weighted by atomic mass is 10.1. The molecule has 0 radical (unpaired) electrons. The lowest BCUT2D eigenvalue weighted by Gasteiger charge is -2.19. The van der Waals surface area contributed by atoms with Gasteiger partial charge in [0.05, 0.1) is 18.2 Å². The number of hydrogen-bond donors (Lipinski definition) is 6. The summed E-state index contributed by atoms with van der Waals surface area (Å²) in [6.07, 6.45) is 0.00171. The average molecular weight is 508 g/mol. The summed E-state index contributed by atoms with van der Waals surface area (Å²) in [6.45, 7) is -0.708. The molecule has 1 unspecified atom stereocenters. The van der Waals surface area contributed by atoms with Crippen LogP contribution in [0, 0.1) is 0 Å². The quantitative estimate of drug-likeness (QED) is 0.206. The third kappa shape index (κ3) is 4.98. The third-order valence-electron chi connectivity index (χ3n) is 5.64. The van der Waals surface area contributed by atoms with E-state index in [1.54, 1.807) is 0 Å². The number of anilines is 1. The minimum Gasteiger partial charge on any atom is -0.479 e. The second-order valence-electron chi connectivity index (χ2n) is 7.95. The van der Waals surface area contributed by atoms with Crippen molar-refractivity contribution in [2.45, 2.75) is 62.1 Å². The molecule has 1 saturated heterocycles. The van der Waals surface area contributed by atoms with Crippen LogP contribution >= 0.6 is 19.2 Å². The Balaban J connectivity index is 1.55. The number of ether oxygens (including phenoxy) is 2. The van der Waals surface area contributed by atoms with E-state index in [1.165, 1.54) is 10.9 Å². The van der Waals surface area contributed by atoms with Crippen LogP contribution in [0.1, 0.15) is 31.9 Å². The molecule has 0 spiro atoms. The van der Waals surface area contributed by atoms with Crippen molar-refractivity contribution in [3.63, 3.8) is 0 Å². The van der Waals surface area contributed by atoms with E-state index in [0.717, 1.165) is 25.7 Å². The van der Waals surface area contributed by atoms with E-state index in [2.05, 4.69) is 20.4 Å². The number of nitrogens with zero attached hydrogens (tertiary/aromatic N) is 4. The number of aliphatic hydroxyl groups is 2. The number of carbonyl (C=O) groups is 1. The molecule has 4 rings (SSSR count). The molecule has 0 amide bonds. The number of nitrogens with one attached hydrogen (secondary N) is 1. The minimum absolute atomic E-state index is 0.0661. The number of aliphatic carboxylic acids is 1. The third-order valence-corrected chi connectivity index (χ3v) is 6.79. The first-order valence-corrected chi connectivity index (χ1v) is 12.2. The maximum absolute atomic E-state index is 11.3. The number of carboxylic acids is 1. The van der Waals surface area contributed by atoms with Crippen LogP contribution in [0.4, 0.5) is 5.82 Å². The van der Waals surface area contributed by atoms with Crippen LogP contribution in [0.3, 0.4) is 0 Å². The summed E-state index contributed by atoms with van der Waals surface area (Å²) in [5, 5.41) is 37.8.